The number of hydrogen-bond acceptors (Lipinski definition) is 5. The average Bonchev–Trinajstić information content (AvgIpc) is 2.97. The largest absolute Gasteiger partial charge is 0.453 e. The highest BCUT2D eigenvalue weighted by Gasteiger charge is 2.24. The Morgan fingerprint density at radius 1 is 1.15 bits per heavy atom. The Morgan fingerprint density at radius 2 is 1.95 bits per heavy atom. The van der Waals surface area contributed by atoms with Crippen molar-refractivity contribution in [1.29, 1.82) is 0 Å². The summed E-state index contributed by atoms with van der Waals surface area (Å²) in [4.78, 5) is 12.1. The molecule has 0 radical (unpaired) electrons. The Hall–Kier alpha value is -2.53. The molecule has 0 bridgehead atoms. The Kier molecular flexibility index (Phi) is 3.26. The highest BCUT2D eigenvalue weighted by atomic mass is 16.7. The van der Waals surface area contributed by atoms with Crippen molar-refractivity contribution in [2.75, 3.05) is 6.79 Å². The van der Waals surface area contributed by atoms with E-state index >= 15 is 0 Å². The first-order valence-corrected chi connectivity index (χ1v) is 6.09. The van der Waals surface area contributed by atoms with Crippen molar-refractivity contribution in [3.63, 3.8) is 0 Å². The molecule has 20 heavy (non-hydrogen) atoms. The molecular weight excluding hydrogens is 260 g/mol. The number of rotatable bonds is 3. The number of carbonyl (C=O) groups is 1. The number of aliphatic hydroxyl groups excluding tert-OH is 1. The van der Waals surface area contributed by atoms with Gasteiger partial charge in [0.25, 0.3) is 0 Å². The molecule has 1 heterocycles. The molecule has 0 atom stereocenters. The smallest absolute Gasteiger partial charge is 0.343 e. The van der Waals surface area contributed by atoms with Crippen molar-refractivity contribution in [2.24, 2.45) is 0 Å². The van der Waals surface area contributed by atoms with Gasteiger partial charge in [-0.3, -0.25) is 0 Å². The van der Waals surface area contributed by atoms with Crippen LogP contribution in [0.4, 0.5) is 0 Å². The molecular formula is C15H12O5. The van der Waals surface area contributed by atoms with Gasteiger partial charge >= 0.3 is 5.97 Å². The fourth-order valence-electron chi connectivity index (χ4n) is 1.95. The Bertz CT molecular complexity index is 636. The van der Waals surface area contributed by atoms with Gasteiger partial charge in [-0.15, -0.1) is 0 Å². The molecule has 1 aliphatic heterocycles. The molecule has 3 rings (SSSR count). The van der Waals surface area contributed by atoms with Gasteiger partial charge in [-0.2, -0.15) is 0 Å². The van der Waals surface area contributed by atoms with Gasteiger partial charge in [-0.1, -0.05) is 18.2 Å². The Morgan fingerprint density at radius 3 is 2.70 bits per heavy atom. The van der Waals surface area contributed by atoms with Crippen LogP contribution in [0.2, 0.25) is 0 Å². The first kappa shape index (κ1) is 12.5. The maximum Gasteiger partial charge on any atom is 0.343 e. The van der Waals surface area contributed by atoms with Gasteiger partial charge in [-0.25, -0.2) is 4.79 Å². The van der Waals surface area contributed by atoms with Crippen LogP contribution in [0, 0.1) is 0 Å². The van der Waals surface area contributed by atoms with E-state index in [1.54, 1.807) is 36.4 Å². The van der Waals surface area contributed by atoms with E-state index in [2.05, 4.69) is 0 Å². The number of aliphatic hydroxyl groups is 1. The maximum absolute atomic E-state index is 12.1. The highest BCUT2D eigenvalue weighted by Crippen LogP contribution is 2.43. The summed E-state index contributed by atoms with van der Waals surface area (Å²) in [7, 11) is 0. The highest BCUT2D eigenvalue weighted by molar-refractivity contribution is 5.91. The second-order valence-electron chi connectivity index (χ2n) is 4.20. The van der Waals surface area contributed by atoms with Crippen molar-refractivity contribution in [3.05, 3.63) is 53.6 Å². The van der Waals surface area contributed by atoms with Crippen LogP contribution in [0.3, 0.4) is 0 Å². The minimum atomic E-state index is -0.510. The lowest BCUT2D eigenvalue weighted by Crippen LogP contribution is -2.10. The van der Waals surface area contributed by atoms with Crippen LogP contribution < -0.4 is 14.2 Å². The van der Waals surface area contributed by atoms with E-state index in [0.29, 0.717) is 22.6 Å². The SMILES string of the molecule is O=C(Oc1c(CO)ccc2c1OCO2)c1ccccc1. The summed E-state index contributed by atoms with van der Waals surface area (Å²) in [6, 6.07) is 11.9. The lowest BCUT2D eigenvalue weighted by molar-refractivity contribution is 0.0723. The first-order chi connectivity index (χ1) is 9.79. The molecule has 2 aromatic rings. The van der Waals surface area contributed by atoms with E-state index in [9.17, 15) is 9.90 Å². The van der Waals surface area contributed by atoms with Crippen LogP contribution in [-0.2, 0) is 6.61 Å². The maximum atomic E-state index is 12.1. The molecule has 0 unspecified atom stereocenters. The van der Waals surface area contributed by atoms with Crippen LogP contribution in [0.15, 0.2) is 42.5 Å². The number of hydrogen-bond donors (Lipinski definition) is 1. The third-order valence-corrected chi connectivity index (χ3v) is 2.95. The fourth-order valence-corrected chi connectivity index (χ4v) is 1.95. The zero-order chi connectivity index (χ0) is 13.9. The predicted molar refractivity (Wildman–Crippen MR) is 69.9 cm³/mol. The summed E-state index contributed by atoms with van der Waals surface area (Å²) in [5.74, 6) is 0.541. The summed E-state index contributed by atoms with van der Waals surface area (Å²) in [5, 5.41) is 9.35. The third-order valence-electron chi connectivity index (χ3n) is 2.95. The molecule has 0 aliphatic carbocycles. The second kappa shape index (κ2) is 5.22. The van der Waals surface area contributed by atoms with Crippen molar-refractivity contribution >= 4 is 5.97 Å². The quantitative estimate of drug-likeness (QED) is 0.685. The molecule has 1 aliphatic rings. The van der Waals surface area contributed by atoms with Gasteiger partial charge in [-0.05, 0) is 24.3 Å². The summed E-state index contributed by atoms with van der Waals surface area (Å²) < 4.78 is 15.9. The minimum absolute atomic E-state index is 0.0695. The monoisotopic (exact) mass is 272 g/mol. The molecule has 1 N–H and O–H groups in total. The van der Waals surface area contributed by atoms with E-state index < -0.39 is 5.97 Å². The molecule has 0 aromatic heterocycles. The van der Waals surface area contributed by atoms with Gasteiger partial charge < -0.3 is 19.3 Å². The normalized spacial score (nSPS) is 12.2. The number of esters is 1. The van der Waals surface area contributed by atoms with E-state index in [0.717, 1.165) is 0 Å². The van der Waals surface area contributed by atoms with Crippen LogP contribution in [0.25, 0.3) is 0 Å². The predicted octanol–water partition coefficient (Wildman–Crippen LogP) is 2.13. The molecule has 2 aromatic carbocycles. The molecule has 0 saturated heterocycles. The van der Waals surface area contributed by atoms with Gasteiger partial charge in [0.1, 0.15) is 0 Å². The molecule has 102 valence electrons. The molecule has 0 fully saturated rings. The van der Waals surface area contributed by atoms with E-state index in [1.807, 2.05) is 6.07 Å². The first-order valence-electron chi connectivity index (χ1n) is 6.09. The summed E-state index contributed by atoms with van der Waals surface area (Å²) >= 11 is 0. The zero-order valence-corrected chi connectivity index (χ0v) is 10.5. The topological polar surface area (TPSA) is 65.0 Å². The molecule has 0 spiro atoms. The van der Waals surface area contributed by atoms with Gasteiger partial charge in [0.05, 0.1) is 12.2 Å². The number of fused-ring (bicyclic) bond motifs is 1. The fraction of sp³-hybridized carbons (Fsp3) is 0.133. The second-order valence-corrected chi connectivity index (χ2v) is 4.20. The standard InChI is InChI=1S/C15H12O5/c16-8-11-6-7-12-14(19-9-18-12)13(11)20-15(17)10-4-2-1-3-5-10/h1-7,16H,8-9H2. The number of ether oxygens (including phenoxy) is 3. The van der Waals surface area contributed by atoms with E-state index in [-0.39, 0.29) is 19.1 Å². The van der Waals surface area contributed by atoms with Gasteiger partial charge in [0, 0.05) is 5.56 Å². The van der Waals surface area contributed by atoms with Crippen LogP contribution in [-0.4, -0.2) is 17.9 Å². The minimum Gasteiger partial charge on any atom is -0.453 e. The zero-order valence-electron chi connectivity index (χ0n) is 10.5. The summed E-state index contributed by atoms with van der Waals surface area (Å²) in [6.07, 6.45) is 0. The van der Waals surface area contributed by atoms with E-state index in [1.165, 1.54) is 0 Å². The average molecular weight is 272 g/mol. The molecule has 0 amide bonds. The Balaban J connectivity index is 1.94. The number of carbonyl (C=O) groups excluding carboxylic acids is 1. The van der Waals surface area contributed by atoms with Crippen molar-refractivity contribution in [2.45, 2.75) is 6.61 Å². The molecule has 5 heteroatoms. The summed E-state index contributed by atoms with van der Waals surface area (Å²) in [6.45, 7) is -0.186. The lowest BCUT2D eigenvalue weighted by Gasteiger charge is -2.11. The van der Waals surface area contributed by atoms with Gasteiger partial charge in [0.15, 0.2) is 11.5 Å². The van der Waals surface area contributed by atoms with Crippen molar-refractivity contribution in [1.82, 2.24) is 0 Å². The molecule has 0 saturated carbocycles. The summed E-state index contributed by atoms with van der Waals surface area (Å²) in [5.41, 5.74) is 0.895. The van der Waals surface area contributed by atoms with Crippen molar-refractivity contribution in [3.8, 4) is 17.2 Å². The van der Waals surface area contributed by atoms with Crippen LogP contribution in [0.1, 0.15) is 15.9 Å². The lowest BCUT2D eigenvalue weighted by atomic mass is 10.1. The number of benzene rings is 2. The van der Waals surface area contributed by atoms with Crippen LogP contribution in [0.5, 0.6) is 17.2 Å². The van der Waals surface area contributed by atoms with Gasteiger partial charge in [0.2, 0.25) is 12.5 Å². The Labute approximate surface area is 115 Å². The van der Waals surface area contributed by atoms with Crippen molar-refractivity contribution < 1.29 is 24.1 Å². The van der Waals surface area contributed by atoms with Crippen LogP contribution >= 0.6 is 0 Å². The third kappa shape index (κ3) is 2.19. The van der Waals surface area contributed by atoms with E-state index in [4.69, 9.17) is 14.2 Å². The molecule has 5 nitrogen and oxygen atoms in total.